The predicted octanol–water partition coefficient (Wildman–Crippen LogP) is 4.26. The Morgan fingerprint density at radius 3 is 1.88 bits per heavy atom. The molecule has 1 atom stereocenters. The van der Waals surface area contributed by atoms with Crippen LogP contribution in [0.3, 0.4) is 0 Å². The molecular weight excluding hydrogens is 340 g/mol. The Morgan fingerprint density at radius 1 is 1.08 bits per heavy atom. The third kappa shape index (κ3) is 4.59. The molecule has 0 spiro atoms. The second kappa shape index (κ2) is 6.66. The van der Waals surface area contributed by atoms with Crippen LogP contribution in [0, 0.1) is 0 Å². The highest BCUT2D eigenvalue weighted by Crippen LogP contribution is 2.36. The van der Waals surface area contributed by atoms with Crippen molar-refractivity contribution >= 4 is 12.2 Å². The van der Waals surface area contributed by atoms with Gasteiger partial charge in [-0.3, -0.25) is 4.99 Å². The van der Waals surface area contributed by atoms with Gasteiger partial charge < -0.3 is 4.74 Å². The lowest BCUT2D eigenvalue weighted by atomic mass is 10.0. The van der Waals surface area contributed by atoms with Gasteiger partial charge in [0.05, 0.1) is 18.2 Å². The number of esters is 1. The molecule has 0 saturated heterocycles. The van der Waals surface area contributed by atoms with Crippen molar-refractivity contribution in [2.75, 3.05) is 7.11 Å². The molecule has 0 aliphatic carbocycles. The number of carbonyl (C=O) groups is 1. The standard InChI is InChI=1S/C15H13F6NO2/c1-4-13(2,12(23)24-3)22-8-9-5-10(14(16,17)18)7-11(6-9)15(19,20)21/h4-8H,1H2,2-3H3. The Hall–Kier alpha value is -2.32. The molecule has 0 aromatic heterocycles. The molecule has 0 N–H and O–H groups in total. The van der Waals surface area contributed by atoms with Gasteiger partial charge in [-0.15, -0.1) is 6.58 Å². The minimum atomic E-state index is -4.96. The van der Waals surface area contributed by atoms with Crippen LogP contribution in [0.1, 0.15) is 23.6 Å². The van der Waals surface area contributed by atoms with Gasteiger partial charge in [0, 0.05) is 6.21 Å². The zero-order chi connectivity index (χ0) is 18.8. The van der Waals surface area contributed by atoms with Crippen molar-refractivity contribution in [3.05, 3.63) is 47.5 Å². The Balaban J connectivity index is 3.41. The van der Waals surface area contributed by atoms with E-state index >= 15 is 0 Å². The van der Waals surface area contributed by atoms with Gasteiger partial charge in [0.25, 0.3) is 0 Å². The first-order valence-electron chi connectivity index (χ1n) is 6.40. The van der Waals surface area contributed by atoms with Gasteiger partial charge in [0.1, 0.15) is 0 Å². The Morgan fingerprint density at radius 2 is 1.54 bits per heavy atom. The number of rotatable bonds is 4. The zero-order valence-electron chi connectivity index (χ0n) is 12.6. The van der Waals surface area contributed by atoms with Crippen LogP contribution in [0.2, 0.25) is 0 Å². The van der Waals surface area contributed by atoms with Crippen molar-refractivity contribution in [2.45, 2.75) is 24.8 Å². The summed E-state index contributed by atoms with van der Waals surface area (Å²) in [4.78, 5) is 15.3. The summed E-state index contributed by atoms with van der Waals surface area (Å²) in [6.45, 7) is 4.60. The average Bonchev–Trinajstić information content (AvgIpc) is 2.49. The lowest BCUT2D eigenvalue weighted by molar-refractivity contribution is -0.145. The molecule has 1 aromatic carbocycles. The topological polar surface area (TPSA) is 38.7 Å². The second-order valence-corrected chi connectivity index (χ2v) is 4.94. The predicted molar refractivity (Wildman–Crippen MR) is 74.7 cm³/mol. The number of carbonyl (C=O) groups excluding carboxylic acids is 1. The molecule has 0 fully saturated rings. The van der Waals surface area contributed by atoms with E-state index in [9.17, 15) is 31.1 Å². The highest BCUT2D eigenvalue weighted by Gasteiger charge is 2.37. The van der Waals surface area contributed by atoms with Crippen molar-refractivity contribution in [3.8, 4) is 0 Å². The second-order valence-electron chi connectivity index (χ2n) is 4.94. The summed E-state index contributed by atoms with van der Waals surface area (Å²) in [7, 11) is 1.06. The molecule has 1 rings (SSSR count). The van der Waals surface area contributed by atoms with E-state index in [-0.39, 0.29) is 6.07 Å². The van der Waals surface area contributed by atoms with Crippen molar-refractivity contribution in [1.82, 2.24) is 0 Å². The van der Waals surface area contributed by atoms with Crippen LogP contribution in [-0.2, 0) is 21.9 Å². The normalized spacial score (nSPS) is 15.2. The summed E-state index contributed by atoms with van der Waals surface area (Å²) in [6.07, 6.45) is -8.13. The van der Waals surface area contributed by atoms with Gasteiger partial charge in [0.2, 0.25) is 0 Å². The fourth-order valence-electron chi connectivity index (χ4n) is 1.66. The van der Waals surface area contributed by atoms with Crippen molar-refractivity contribution < 1.29 is 35.9 Å². The SMILES string of the molecule is C=CC(C)(N=Cc1cc(C(F)(F)F)cc(C(F)(F)F)c1)C(=O)OC. The molecule has 0 aliphatic heterocycles. The molecule has 0 amide bonds. The number of hydrogen-bond donors (Lipinski definition) is 0. The number of nitrogens with zero attached hydrogens (tertiary/aromatic N) is 1. The summed E-state index contributed by atoms with van der Waals surface area (Å²) in [6, 6.07) is 1.00. The Labute approximate surface area is 133 Å². The molecule has 1 aromatic rings. The fourth-order valence-corrected chi connectivity index (χ4v) is 1.66. The molecule has 0 heterocycles. The number of alkyl halides is 6. The van der Waals surface area contributed by atoms with E-state index in [0.29, 0.717) is 12.1 Å². The smallest absolute Gasteiger partial charge is 0.416 e. The van der Waals surface area contributed by atoms with Crippen LogP contribution < -0.4 is 0 Å². The lowest BCUT2D eigenvalue weighted by Crippen LogP contribution is -2.32. The zero-order valence-corrected chi connectivity index (χ0v) is 12.6. The highest BCUT2D eigenvalue weighted by atomic mass is 19.4. The van der Waals surface area contributed by atoms with Crippen molar-refractivity contribution in [3.63, 3.8) is 0 Å². The molecular formula is C15H13F6NO2. The van der Waals surface area contributed by atoms with Crippen LogP contribution in [0.4, 0.5) is 26.3 Å². The first-order chi connectivity index (χ1) is 10.8. The molecule has 24 heavy (non-hydrogen) atoms. The summed E-state index contributed by atoms with van der Waals surface area (Å²) < 4.78 is 81.0. The monoisotopic (exact) mass is 353 g/mol. The number of methoxy groups -OCH3 is 1. The number of halogens is 6. The van der Waals surface area contributed by atoms with Crippen molar-refractivity contribution in [2.24, 2.45) is 4.99 Å². The van der Waals surface area contributed by atoms with Crippen molar-refractivity contribution in [1.29, 1.82) is 0 Å². The molecule has 1 unspecified atom stereocenters. The minimum absolute atomic E-state index is 0.00431. The van der Waals surface area contributed by atoms with Crippen LogP contribution >= 0.6 is 0 Å². The maximum absolute atomic E-state index is 12.8. The van der Waals surface area contributed by atoms with Gasteiger partial charge >= 0.3 is 18.3 Å². The maximum atomic E-state index is 12.8. The fraction of sp³-hybridized carbons (Fsp3) is 0.333. The summed E-state index contributed by atoms with van der Waals surface area (Å²) >= 11 is 0. The minimum Gasteiger partial charge on any atom is -0.467 e. The molecule has 0 bridgehead atoms. The van der Waals surface area contributed by atoms with Gasteiger partial charge in [-0.1, -0.05) is 6.08 Å². The molecule has 9 heteroatoms. The van der Waals surface area contributed by atoms with Crippen LogP contribution in [0.15, 0.2) is 35.8 Å². The lowest BCUT2D eigenvalue weighted by Gasteiger charge is -2.17. The van der Waals surface area contributed by atoms with E-state index in [0.717, 1.165) is 19.4 Å². The van der Waals surface area contributed by atoms with Crippen LogP contribution in [-0.4, -0.2) is 24.8 Å². The number of ether oxygens (including phenoxy) is 1. The van der Waals surface area contributed by atoms with Gasteiger partial charge in [-0.25, -0.2) is 4.79 Å². The molecule has 0 radical (unpaired) electrons. The van der Waals surface area contributed by atoms with Crippen LogP contribution in [0.25, 0.3) is 0 Å². The highest BCUT2D eigenvalue weighted by molar-refractivity contribution is 5.88. The molecule has 0 saturated carbocycles. The molecule has 3 nitrogen and oxygen atoms in total. The van der Waals surface area contributed by atoms with E-state index in [1.165, 1.54) is 6.92 Å². The first-order valence-corrected chi connectivity index (χ1v) is 6.40. The Kier molecular flexibility index (Phi) is 5.47. The number of benzene rings is 1. The number of aliphatic imine (C=N–C) groups is 1. The quantitative estimate of drug-likeness (QED) is 0.351. The van der Waals surface area contributed by atoms with Gasteiger partial charge in [0.15, 0.2) is 5.54 Å². The van der Waals surface area contributed by atoms with E-state index in [2.05, 4.69) is 16.3 Å². The van der Waals surface area contributed by atoms with Gasteiger partial charge in [-0.2, -0.15) is 26.3 Å². The largest absolute Gasteiger partial charge is 0.467 e. The van der Waals surface area contributed by atoms with E-state index in [4.69, 9.17) is 0 Å². The third-order valence-corrected chi connectivity index (χ3v) is 3.09. The van der Waals surface area contributed by atoms with E-state index in [1.54, 1.807) is 0 Å². The summed E-state index contributed by atoms with van der Waals surface area (Å²) in [5.41, 5.74) is -5.05. The average molecular weight is 353 g/mol. The maximum Gasteiger partial charge on any atom is 0.416 e. The van der Waals surface area contributed by atoms with E-state index in [1.807, 2.05) is 0 Å². The molecule has 0 aliphatic rings. The van der Waals surface area contributed by atoms with Crippen LogP contribution in [0.5, 0.6) is 0 Å². The number of hydrogen-bond acceptors (Lipinski definition) is 3. The summed E-state index contributed by atoms with van der Waals surface area (Å²) in [5, 5.41) is 0. The molecule has 132 valence electrons. The Bertz CT molecular complexity index is 631. The summed E-state index contributed by atoms with van der Waals surface area (Å²) in [5.74, 6) is -0.864. The first kappa shape index (κ1) is 19.7. The third-order valence-electron chi connectivity index (χ3n) is 3.09. The van der Waals surface area contributed by atoms with Gasteiger partial charge in [-0.05, 0) is 30.7 Å². The van der Waals surface area contributed by atoms with E-state index < -0.39 is 40.6 Å².